The molecule has 3 aliphatic rings. The van der Waals surface area contributed by atoms with E-state index in [1.807, 2.05) is 0 Å². The summed E-state index contributed by atoms with van der Waals surface area (Å²) in [5, 5.41) is 0. The maximum absolute atomic E-state index is 2.65. The molecule has 4 rings (SSSR count). The molecule has 0 N–H and O–H groups in total. The highest BCUT2D eigenvalue weighted by Gasteiger charge is 2.37. The highest BCUT2D eigenvalue weighted by Crippen LogP contribution is 2.52. The van der Waals surface area contributed by atoms with Gasteiger partial charge in [0, 0.05) is 13.4 Å². The van der Waals surface area contributed by atoms with Gasteiger partial charge in [-0.25, -0.2) is 0 Å². The van der Waals surface area contributed by atoms with Crippen molar-refractivity contribution in [3.05, 3.63) is 50.6 Å². The first-order valence-corrected chi connectivity index (χ1v) is 9.89. The van der Waals surface area contributed by atoms with Crippen LogP contribution in [0.15, 0.2) is 35.9 Å². The van der Waals surface area contributed by atoms with E-state index in [0.717, 1.165) is 9.84 Å². The molecule has 0 saturated carbocycles. The van der Waals surface area contributed by atoms with Gasteiger partial charge in [0.2, 0.25) is 0 Å². The minimum Gasteiger partial charge on any atom is -0.0879 e. The molecule has 20 heavy (non-hydrogen) atoms. The summed E-state index contributed by atoms with van der Waals surface area (Å²) in [5.41, 5.74) is 6.68. The third-order valence-corrected chi connectivity index (χ3v) is 6.83. The lowest BCUT2D eigenvalue weighted by Gasteiger charge is -2.41. The van der Waals surface area contributed by atoms with E-state index in [0.29, 0.717) is 5.92 Å². The fourth-order valence-electron chi connectivity index (χ4n) is 4.23. The maximum atomic E-state index is 2.65. The van der Waals surface area contributed by atoms with Crippen LogP contribution in [0.4, 0.5) is 0 Å². The molecule has 0 aliphatic heterocycles. The summed E-state index contributed by atoms with van der Waals surface area (Å²) in [4.78, 5) is 0. The Labute approximate surface area is 148 Å². The lowest BCUT2D eigenvalue weighted by molar-refractivity contribution is 0.480. The number of benzene rings is 1. The molecule has 0 bridgehead atoms. The van der Waals surface area contributed by atoms with Crippen LogP contribution in [-0.4, -0.2) is 3.92 Å². The highest BCUT2D eigenvalue weighted by atomic mass is 127. The van der Waals surface area contributed by atoms with Crippen LogP contribution < -0.4 is 0 Å². The van der Waals surface area contributed by atoms with Gasteiger partial charge in [-0.3, -0.25) is 0 Å². The van der Waals surface area contributed by atoms with Crippen molar-refractivity contribution in [2.24, 2.45) is 5.92 Å². The SMILES string of the molecule is Ic1ccc2c(c1)C1CCC=CC1C1=C2CCC(I)C1. The van der Waals surface area contributed by atoms with Crippen molar-refractivity contribution in [2.45, 2.75) is 41.9 Å². The van der Waals surface area contributed by atoms with Gasteiger partial charge >= 0.3 is 0 Å². The third kappa shape index (κ3) is 2.21. The predicted molar refractivity (Wildman–Crippen MR) is 102 cm³/mol. The summed E-state index contributed by atoms with van der Waals surface area (Å²) < 4.78 is 2.23. The van der Waals surface area contributed by atoms with Crippen LogP contribution >= 0.6 is 45.2 Å². The zero-order valence-electron chi connectivity index (χ0n) is 11.4. The van der Waals surface area contributed by atoms with Crippen LogP contribution in [0.5, 0.6) is 0 Å². The monoisotopic (exact) mass is 488 g/mol. The van der Waals surface area contributed by atoms with Crippen molar-refractivity contribution in [3.8, 4) is 0 Å². The smallest absolute Gasteiger partial charge is 0.0150 e. The molecule has 0 radical (unpaired) electrons. The summed E-state index contributed by atoms with van der Waals surface area (Å²) in [7, 11) is 0. The van der Waals surface area contributed by atoms with Gasteiger partial charge in [0.05, 0.1) is 0 Å². The first-order valence-electron chi connectivity index (χ1n) is 7.56. The Kier molecular flexibility index (Phi) is 3.74. The summed E-state index contributed by atoms with van der Waals surface area (Å²) in [6, 6.07) is 7.14. The second-order valence-electron chi connectivity index (χ2n) is 6.21. The predicted octanol–water partition coefficient (Wildman–Crippen LogP) is 6.10. The molecule has 3 atom stereocenters. The molecule has 3 aliphatic carbocycles. The van der Waals surface area contributed by atoms with Gasteiger partial charge < -0.3 is 0 Å². The van der Waals surface area contributed by atoms with Crippen molar-refractivity contribution in [2.75, 3.05) is 0 Å². The number of fused-ring (bicyclic) bond motifs is 5. The van der Waals surface area contributed by atoms with Crippen LogP contribution in [0.2, 0.25) is 0 Å². The van der Waals surface area contributed by atoms with Crippen molar-refractivity contribution in [1.82, 2.24) is 0 Å². The Hall–Kier alpha value is 0.160. The molecule has 0 fully saturated rings. The number of alkyl halides is 1. The molecule has 3 unspecified atom stereocenters. The van der Waals surface area contributed by atoms with E-state index in [2.05, 4.69) is 75.5 Å². The van der Waals surface area contributed by atoms with Gasteiger partial charge in [0.15, 0.2) is 0 Å². The third-order valence-electron chi connectivity index (χ3n) is 5.10. The van der Waals surface area contributed by atoms with Crippen LogP contribution in [0.3, 0.4) is 0 Å². The lowest BCUT2D eigenvalue weighted by atomic mass is 9.65. The molecule has 0 aromatic heterocycles. The van der Waals surface area contributed by atoms with E-state index in [9.17, 15) is 0 Å². The second-order valence-corrected chi connectivity index (χ2v) is 9.22. The molecule has 104 valence electrons. The van der Waals surface area contributed by atoms with E-state index in [1.54, 1.807) is 22.3 Å². The Morgan fingerprint density at radius 3 is 2.95 bits per heavy atom. The highest BCUT2D eigenvalue weighted by molar-refractivity contribution is 14.1. The number of hydrogen-bond donors (Lipinski definition) is 0. The van der Waals surface area contributed by atoms with Gasteiger partial charge in [-0.2, -0.15) is 0 Å². The lowest BCUT2D eigenvalue weighted by Crippen LogP contribution is -2.26. The van der Waals surface area contributed by atoms with E-state index in [1.165, 1.54) is 35.7 Å². The standard InChI is InChI=1S/C18H18I2/c19-11-5-7-15-16-8-6-12(20)10-18(16)14-4-2-1-3-13(14)17(15)9-11/h1,3,6,8,10-11,13-14H,2,4-5,7,9H2. The number of rotatable bonds is 0. The molecule has 0 nitrogen and oxygen atoms in total. The first kappa shape index (κ1) is 13.8. The van der Waals surface area contributed by atoms with E-state index in [-0.39, 0.29) is 0 Å². The topological polar surface area (TPSA) is 0 Å². The molecule has 0 spiro atoms. The Balaban J connectivity index is 1.93. The number of hydrogen-bond acceptors (Lipinski definition) is 0. The Morgan fingerprint density at radius 2 is 2.05 bits per heavy atom. The summed E-state index contributed by atoms with van der Waals surface area (Å²) in [6.07, 6.45) is 11.5. The van der Waals surface area contributed by atoms with Crippen LogP contribution in [-0.2, 0) is 0 Å². The first-order chi connectivity index (χ1) is 9.74. The van der Waals surface area contributed by atoms with Crippen LogP contribution in [0.1, 0.15) is 49.1 Å². The van der Waals surface area contributed by atoms with Crippen molar-refractivity contribution >= 4 is 50.8 Å². The van der Waals surface area contributed by atoms with Crippen molar-refractivity contribution in [3.63, 3.8) is 0 Å². The van der Waals surface area contributed by atoms with E-state index >= 15 is 0 Å². The number of halogens is 2. The fourth-order valence-corrected chi connectivity index (χ4v) is 5.53. The molecule has 1 aromatic carbocycles. The summed E-state index contributed by atoms with van der Waals surface area (Å²) >= 11 is 5.12. The maximum Gasteiger partial charge on any atom is 0.0150 e. The normalized spacial score (nSPS) is 31.6. The van der Waals surface area contributed by atoms with Gasteiger partial charge in [-0.15, -0.1) is 0 Å². The van der Waals surface area contributed by atoms with Gasteiger partial charge in [-0.05, 0) is 89.4 Å². The van der Waals surface area contributed by atoms with Gasteiger partial charge in [0.25, 0.3) is 0 Å². The fraction of sp³-hybridized carbons (Fsp3) is 0.444. The minimum absolute atomic E-state index is 0.696. The van der Waals surface area contributed by atoms with Crippen molar-refractivity contribution in [1.29, 1.82) is 0 Å². The van der Waals surface area contributed by atoms with E-state index in [4.69, 9.17) is 0 Å². The van der Waals surface area contributed by atoms with Gasteiger partial charge in [0.1, 0.15) is 0 Å². The average Bonchev–Trinajstić information content (AvgIpc) is 2.47. The molecule has 0 heterocycles. The zero-order valence-corrected chi connectivity index (χ0v) is 15.7. The molecular weight excluding hydrogens is 470 g/mol. The largest absolute Gasteiger partial charge is 0.0879 e. The van der Waals surface area contributed by atoms with Crippen LogP contribution in [0.25, 0.3) is 5.57 Å². The zero-order chi connectivity index (χ0) is 13.7. The molecule has 1 aromatic rings. The quantitative estimate of drug-likeness (QED) is 0.236. The summed E-state index contributed by atoms with van der Waals surface area (Å²) in [5.74, 6) is 1.44. The summed E-state index contributed by atoms with van der Waals surface area (Å²) in [6.45, 7) is 0. The molecule has 0 amide bonds. The van der Waals surface area contributed by atoms with Crippen molar-refractivity contribution < 1.29 is 0 Å². The molecule has 2 heteroatoms. The van der Waals surface area contributed by atoms with Crippen LogP contribution in [0, 0.1) is 9.49 Å². The second kappa shape index (κ2) is 5.41. The molecular formula is C18H18I2. The Morgan fingerprint density at radius 1 is 1.15 bits per heavy atom. The number of allylic oxidation sites excluding steroid dienone is 4. The van der Waals surface area contributed by atoms with E-state index < -0.39 is 0 Å². The van der Waals surface area contributed by atoms with Gasteiger partial charge in [-0.1, -0.05) is 46.4 Å². The Bertz CT molecular complexity index is 612. The minimum atomic E-state index is 0.696. The molecule has 0 saturated heterocycles. The average molecular weight is 488 g/mol.